The standard InChI is InChI=1S/C31H37NO3/c1-30(2,29(33)35-3)25-16-14-24(15-17-25)18-21-32-22-19-28(20-23-32)31(34,26-10-6-4-7-11-26)27-12-8-5-9-13-27/h4-17,28,34H,18-23H2,1-3H3. The second-order valence-electron chi connectivity index (χ2n) is 10.2. The molecule has 0 spiro atoms. The molecular formula is C31H37NO3. The molecule has 3 aromatic rings. The highest BCUT2D eigenvalue weighted by Gasteiger charge is 2.41. The number of aliphatic hydroxyl groups is 1. The molecular weight excluding hydrogens is 434 g/mol. The van der Waals surface area contributed by atoms with Crippen molar-refractivity contribution in [3.63, 3.8) is 0 Å². The predicted octanol–water partition coefficient (Wildman–Crippen LogP) is 5.33. The van der Waals surface area contributed by atoms with Gasteiger partial charge >= 0.3 is 5.97 Å². The third kappa shape index (κ3) is 5.34. The number of nitrogens with zero attached hydrogens (tertiary/aromatic N) is 1. The summed E-state index contributed by atoms with van der Waals surface area (Å²) in [6, 6.07) is 28.5. The van der Waals surface area contributed by atoms with Gasteiger partial charge in [-0.3, -0.25) is 4.79 Å². The Hall–Kier alpha value is -2.95. The number of carbonyl (C=O) groups is 1. The van der Waals surface area contributed by atoms with Crippen LogP contribution in [-0.2, 0) is 27.0 Å². The Kier molecular flexibility index (Phi) is 7.73. The lowest BCUT2D eigenvalue weighted by Crippen LogP contribution is -2.44. The van der Waals surface area contributed by atoms with Crippen LogP contribution in [0.15, 0.2) is 84.9 Å². The van der Waals surface area contributed by atoms with Gasteiger partial charge in [0, 0.05) is 6.54 Å². The van der Waals surface area contributed by atoms with Crippen LogP contribution in [0, 0.1) is 5.92 Å². The van der Waals surface area contributed by atoms with E-state index in [9.17, 15) is 9.90 Å². The van der Waals surface area contributed by atoms with Crippen molar-refractivity contribution in [3.05, 3.63) is 107 Å². The van der Waals surface area contributed by atoms with E-state index in [1.807, 2.05) is 86.6 Å². The van der Waals surface area contributed by atoms with Crippen LogP contribution in [0.5, 0.6) is 0 Å². The molecule has 0 aromatic heterocycles. The molecule has 184 valence electrons. The molecule has 1 N–H and O–H groups in total. The van der Waals surface area contributed by atoms with Crippen molar-refractivity contribution in [3.8, 4) is 0 Å². The molecule has 0 aliphatic carbocycles. The number of hydrogen-bond acceptors (Lipinski definition) is 4. The van der Waals surface area contributed by atoms with Gasteiger partial charge in [-0.1, -0.05) is 84.9 Å². The topological polar surface area (TPSA) is 49.8 Å². The number of piperidine rings is 1. The highest BCUT2D eigenvalue weighted by Crippen LogP contribution is 2.41. The maximum Gasteiger partial charge on any atom is 0.315 e. The summed E-state index contributed by atoms with van der Waals surface area (Å²) >= 11 is 0. The molecule has 4 rings (SSSR count). The van der Waals surface area contributed by atoms with E-state index in [4.69, 9.17) is 4.74 Å². The first-order valence-corrected chi connectivity index (χ1v) is 12.6. The smallest absolute Gasteiger partial charge is 0.315 e. The number of benzene rings is 3. The van der Waals surface area contributed by atoms with E-state index in [-0.39, 0.29) is 11.9 Å². The molecule has 0 atom stereocenters. The lowest BCUT2D eigenvalue weighted by Gasteiger charge is -2.42. The van der Waals surface area contributed by atoms with E-state index in [0.717, 1.165) is 55.6 Å². The van der Waals surface area contributed by atoms with Gasteiger partial charge in [0.25, 0.3) is 0 Å². The fraction of sp³-hybridized carbons (Fsp3) is 0.387. The van der Waals surface area contributed by atoms with Crippen LogP contribution >= 0.6 is 0 Å². The van der Waals surface area contributed by atoms with Gasteiger partial charge in [-0.2, -0.15) is 0 Å². The number of hydrogen-bond donors (Lipinski definition) is 1. The SMILES string of the molecule is COC(=O)C(C)(C)c1ccc(CCN2CCC(C(O)(c3ccccc3)c3ccccc3)CC2)cc1. The van der Waals surface area contributed by atoms with Gasteiger partial charge < -0.3 is 14.7 Å². The van der Waals surface area contributed by atoms with Gasteiger partial charge in [0.15, 0.2) is 0 Å². The first kappa shape index (κ1) is 25.2. The average molecular weight is 472 g/mol. The highest BCUT2D eigenvalue weighted by molar-refractivity contribution is 5.82. The van der Waals surface area contributed by atoms with E-state index in [1.165, 1.54) is 12.7 Å². The van der Waals surface area contributed by atoms with Crippen LogP contribution in [-0.4, -0.2) is 42.7 Å². The molecule has 0 amide bonds. The second-order valence-corrected chi connectivity index (χ2v) is 10.2. The van der Waals surface area contributed by atoms with Crippen LogP contribution in [0.3, 0.4) is 0 Å². The van der Waals surface area contributed by atoms with Crippen molar-refractivity contribution in [2.75, 3.05) is 26.7 Å². The summed E-state index contributed by atoms with van der Waals surface area (Å²) in [6.07, 6.45) is 2.87. The Morgan fingerprint density at radius 3 is 1.86 bits per heavy atom. The van der Waals surface area contributed by atoms with Crippen LogP contribution in [0.25, 0.3) is 0 Å². The minimum Gasteiger partial charge on any atom is -0.468 e. The number of likely N-dealkylation sites (tertiary alicyclic amines) is 1. The maximum atomic E-state index is 12.1. The van der Waals surface area contributed by atoms with Gasteiger partial charge in [0.05, 0.1) is 12.5 Å². The quantitative estimate of drug-likeness (QED) is 0.451. The van der Waals surface area contributed by atoms with E-state index in [1.54, 1.807) is 0 Å². The zero-order valence-electron chi connectivity index (χ0n) is 21.1. The molecule has 0 radical (unpaired) electrons. The Morgan fingerprint density at radius 2 is 1.37 bits per heavy atom. The number of ether oxygens (including phenoxy) is 1. The first-order chi connectivity index (χ1) is 16.9. The summed E-state index contributed by atoms with van der Waals surface area (Å²) < 4.78 is 4.95. The van der Waals surface area contributed by atoms with E-state index in [0.29, 0.717) is 0 Å². The van der Waals surface area contributed by atoms with E-state index in [2.05, 4.69) is 17.0 Å². The van der Waals surface area contributed by atoms with Gasteiger partial charge in [-0.05, 0) is 74.4 Å². The lowest BCUT2D eigenvalue weighted by molar-refractivity contribution is -0.146. The molecule has 0 saturated carbocycles. The zero-order chi connectivity index (χ0) is 24.9. The average Bonchev–Trinajstić information content (AvgIpc) is 2.92. The number of esters is 1. The Balaban J connectivity index is 1.38. The van der Waals surface area contributed by atoms with Crippen LogP contribution in [0.4, 0.5) is 0 Å². The molecule has 4 heteroatoms. The number of rotatable bonds is 8. The van der Waals surface area contributed by atoms with Gasteiger partial charge in [-0.15, -0.1) is 0 Å². The minimum atomic E-state index is -0.975. The summed E-state index contributed by atoms with van der Waals surface area (Å²) in [5, 5.41) is 12.1. The molecule has 1 aliphatic rings. The van der Waals surface area contributed by atoms with Crippen molar-refractivity contribution < 1.29 is 14.6 Å². The monoisotopic (exact) mass is 471 g/mol. The Bertz CT molecular complexity index is 1050. The molecule has 1 heterocycles. The summed E-state index contributed by atoms with van der Waals surface area (Å²) in [5.74, 6) is -0.0533. The van der Waals surface area contributed by atoms with E-state index >= 15 is 0 Å². The summed E-state index contributed by atoms with van der Waals surface area (Å²) in [4.78, 5) is 14.6. The normalized spacial score (nSPS) is 15.7. The van der Waals surface area contributed by atoms with Gasteiger partial charge in [0.2, 0.25) is 0 Å². The number of methoxy groups -OCH3 is 1. The molecule has 1 saturated heterocycles. The molecule has 35 heavy (non-hydrogen) atoms. The largest absolute Gasteiger partial charge is 0.468 e. The number of carbonyl (C=O) groups excluding carboxylic acids is 1. The highest BCUT2D eigenvalue weighted by atomic mass is 16.5. The lowest BCUT2D eigenvalue weighted by atomic mass is 9.72. The summed E-state index contributed by atoms with van der Waals surface area (Å²) in [7, 11) is 1.43. The van der Waals surface area contributed by atoms with Crippen molar-refractivity contribution in [2.24, 2.45) is 5.92 Å². The molecule has 1 aliphatic heterocycles. The van der Waals surface area contributed by atoms with Crippen molar-refractivity contribution in [2.45, 2.75) is 44.1 Å². The second kappa shape index (κ2) is 10.8. The van der Waals surface area contributed by atoms with Crippen LogP contribution in [0.2, 0.25) is 0 Å². The van der Waals surface area contributed by atoms with Gasteiger partial charge in [0.1, 0.15) is 5.60 Å². The molecule has 3 aromatic carbocycles. The molecule has 0 unspecified atom stereocenters. The minimum absolute atomic E-state index is 0.170. The van der Waals surface area contributed by atoms with E-state index < -0.39 is 11.0 Å². The Labute approximate surface area is 209 Å². The third-order valence-corrected chi connectivity index (χ3v) is 7.69. The van der Waals surface area contributed by atoms with Crippen LogP contribution < -0.4 is 0 Å². The van der Waals surface area contributed by atoms with Crippen molar-refractivity contribution in [1.29, 1.82) is 0 Å². The molecule has 1 fully saturated rings. The summed E-state index contributed by atoms with van der Waals surface area (Å²) in [6.45, 7) is 6.72. The Morgan fingerprint density at radius 1 is 0.857 bits per heavy atom. The third-order valence-electron chi connectivity index (χ3n) is 7.69. The molecule has 4 nitrogen and oxygen atoms in total. The molecule has 0 bridgehead atoms. The fourth-order valence-corrected chi connectivity index (χ4v) is 5.35. The van der Waals surface area contributed by atoms with Gasteiger partial charge in [-0.25, -0.2) is 0 Å². The zero-order valence-corrected chi connectivity index (χ0v) is 21.1. The first-order valence-electron chi connectivity index (χ1n) is 12.6. The van der Waals surface area contributed by atoms with Crippen LogP contribution in [0.1, 0.15) is 48.9 Å². The van der Waals surface area contributed by atoms with Crippen molar-refractivity contribution >= 4 is 5.97 Å². The predicted molar refractivity (Wildman–Crippen MR) is 140 cm³/mol. The van der Waals surface area contributed by atoms with Crippen molar-refractivity contribution in [1.82, 2.24) is 4.90 Å². The fourth-order valence-electron chi connectivity index (χ4n) is 5.35. The summed E-state index contributed by atoms with van der Waals surface area (Å²) in [5.41, 5.74) is 2.55. The maximum absolute atomic E-state index is 12.1.